The predicted octanol–water partition coefficient (Wildman–Crippen LogP) is 5.81. The first kappa shape index (κ1) is 24.7. The molecular weight excluding hydrogens is 410 g/mol. The molecular formula is C27H39N5O. The van der Waals surface area contributed by atoms with Crippen molar-refractivity contribution in [2.24, 2.45) is 0 Å². The quantitative estimate of drug-likeness (QED) is 0.273. The van der Waals surface area contributed by atoms with Gasteiger partial charge in [0.05, 0.1) is 5.69 Å². The third-order valence-electron chi connectivity index (χ3n) is 6.56. The second-order valence-corrected chi connectivity index (χ2v) is 9.39. The van der Waals surface area contributed by atoms with Crippen molar-refractivity contribution in [3.05, 3.63) is 52.8 Å². The monoisotopic (exact) mass is 449 g/mol. The summed E-state index contributed by atoms with van der Waals surface area (Å²) < 4.78 is 2.01. The van der Waals surface area contributed by atoms with Crippen molar-refractivity contribution in [1.29, 1.82) is 0 Å². The first-order valence-corrected chi connectivity index (χ1v) is 12.1. The second-order valence-electron chi connectivity index (χ2n) is 9.39. The lowest BCUT2D eigenvalue weighted by molar-refractivity contribution is 0.101. The van der Waals surface area contributed by atoms with Crippen LogP contribution < -0.4 is 9.80 Å². The number of benzene rings is 1. The number of aromatic nitrogens is 3. The number of hydrogen-bond acceptors (Lipinski definition) is 5. The van der Waals surface area contributed by atoms with E-state index in [4.69, 9.17) is 5.10 Å². The van der Waals surface area contributed by atoms with Crippen LogP contribution in [0.15, 0.2) is 30.5 Å². The largest absolute Gasteiger partial charge is 0.374 e. The van der Waals surface area contributed by atoms with Crippen LogP contribution in [0.3, 0.4) is 0 Å². The highest BCUT2D eigenvalue weighted by molar-refractivity contribution is 5.99. The summed E-state index contributed by atoms with van der Waals surface area (Å²) in [6.45, 7) is 12.1. The van der Waals surface area contributed by atoms with Gasteiger partial charge < -0.3 is 9.80 Å². The van der Waals surface area contributed by atoms with Gasteiger partial charge in [0.2, 0.25) is 0 Å². The zero-order chi connectivity index (χ0) is 24.1. The molecule has 33 heavy (non-hydrogen) atoms. The maximum absolute atomic E-state index is 12.0. The van der Waals surface area contributed by atoms with Crippen LogP contribution in [-0.2, 0) is 0 Å². The van der Waals surface area contributed by atoms with Crippen LogP contribution in [0.4, 0.5) is 11.5 Å². The molecule has 6 nitrogen and oxygen atoms in total. The fourth-order valence-electron chi connectivity index (χ4n) is 4.30. The van der Waals surface area contributed by atoms with Crippen LogP contribution in [0.2, 0.25) is 0 Å². The maximum Gasteiger partial charge on any atom is 0.161 e. The van der Waals surface area contributed by atoms with Crippen LogP contribution in [0.5, 0.6) is 0 Å². The fourth-order valence-corrected chi connectivity index (χ4v) is 4.30. The normalized spacial score (nSPS) is 12.2. The number of anilines is 2. The summed E-state index contributed by atoms with van der Waals surface area (Å²) in [7, 11) is 4.22. The van der Waals surface area contributed by atoms with Gasteiger partial charge in [0.15, 0.2) is 11.4 Å². The van der Waals surface area contributed by atoms with E-state index >= 15 is 0 Å². The Kier molecular flexibility index (Phi) is 8.11. The molecule has 1 atom stereocenters. The number of carbonyl (C=O) groups excluding carboxylic acids is 1. The number of Topliss-reactive ketones (excluding diaryl/α,β-unsaturated/α-hetero) is 1. The first-order chi connectivity index (χ1) is 15.7. The molecule has 0 spiro atoms. The molecule has 3 aromatic rings. The summed E-state index contributed by atoms with van der Waals surface area (Å²) in [5.74, 6) is 1.67. The lowest BCUT2D eigenvalue weighted by Gasteiger charge is -2.23. The van der Waals surface area contributed by atoms with Gasteiger partial charge in [0.25, 0.3) is 0 Å². The van der Waals surface area contributed by atoms with Gasteiger partial charge in [0.1, 0.15) is 5.82 Å². The van der Waals surface area contributed by atoms with E-state index in [0.717, 1.165) is 78.3 Å². The molecule has 0 amide bonds. The molecule has 178 valence electrons. The van der Waals surface area contributed by atoms with Crippen LogP contribution in [0.1, 0.15) is 79.6 Å². The smallest absolute Gasteiger partial charge is 0.161 e. The van der Waals surface area contributed by atoms with Crippen molar-refractivity contribution in [2.45, 2.75) is 66.2 Å². The fraction of sp³-hybridized carbons (Fsp3) is 0.519. The number of carbonyl (C=O) groups is 1. The Morgan fingerprint density at radius 2 is 1.76 bits per heavy atom. The van der Waals surface area contributed by atoms with Crippen LogP contribution >= 0.6 is 0 Å². The molecule has 0 saturated carbocycles. The van der Waals surface area contributed by atoms with E-state index in [2.05, 4.69) is 67.8 Å². The molecule has 0 bridgehead atoms. The Bertz CT molecular complexity index is 1100. The summed E-state index contributed by atoms with van der Waals surface area (Å²) in [4.78, 5) is 21.1. The summed E-state index contributed by atoms with van der Waals surface area (Å²) in [5.41, 5.74) is 6.11. The average molecular weight is 450 g/mol. The molecule has 2 heterocycles. The molecule has 6 heteroatoms. The lowest BCUT2D eigenvalue weighted by Crippen LogP contribution is -2.24. The number of hydrogen-bond donors (Lipinski definition) is 0. The van der Waals surface area contributed by atoms with Crippen LogP contribution in [0, 0.1) is 13.8 Å². The minimum absolute atomic E-state index is 0.122. The molecule has 0 fully saturated rings. The van der Waals surface area contributed by atoms with Crippen molar-refractivity contribution in [1.82, 2.24) is 14.6 Å². The second kappa shape index (κ2) is 10.8. The molecule has 0 N–H and O–H groups in total. The van der Waals surface area contributed by atoms with Gasteiger partial charge >= 0.3 is 0 Å². The zero-order valence-corrected chi connectivity index (χ0v) is 21.4. The van der Waals surface area contributed by atoms with Gasteiger partial charge in [-0.25, -0.2) is 4.98 Å². The van der Waals surface area contributed by atoms with Crippen molar-refractivity contribution in [2.75, 3.05) is 37.0 Å². The summed E-state index contributed by atoms with van der Waals surface area (Å²) in [5, 5.41) is 4.87. The molecule has 0 aliphatic carbocycles. The Morgan fingerprint density at radius 3 is 2.42 bits per heavy atom. The Balaban J connectivity index is 1.58. The van der Waals surface area contributed by atoms with E-state index in [1.165, 1.54) is 0 Å². The number of unbranched alkanes of at least 4 members (excludes halogenated alkanes) is 2. The van der Waals surface area contributed by atoms with Gasteiger partial charge in [-0.2, -0.15) is 9.61 Å². The Labute approximate surface area is 198 Å². The third-order valence-corrected chi connectivity index (χ3v) is 6.56. The molecule has 0 saturated heterocycles. The highest BCUT2D eigenvalue weighted by Gasteiger charge is 2.16. The van der Waals surface area contributed by atoms with E-state index in [1.807, 2.05) is 23.7 Å². The number of aryl methyl sites for hydroxylation is 2. The Hall–Kier alpha value is -2.89. The number of ketones is 1. The van der Waals surface area contributed by atoms with E-state index in [1.54, 1.807) is 6.92 Å². The van der Waals surface area contributed by atoms with Gasteiger partial charge in [-0.05, 0) is 58.6 Å². The van der Waals surface area contributed by atoms with E-state index < -0.39 is 0 Å². The van der Waals surface area contributed by atoms with E-state index in [9.17, 15) is 4.79 Å². The SMILES string of the molecule is CCC(C)c1cc2ncc(C)c(N(C)CCCCCN(C)c3ccc(C)cc3C(C)=O)n2n1. The molecule has 2 aromatic heterocycles. The number of rotatable bonds is 11. The van der Waals surface area contributed by atoms with Crippen molar-refractivity contribution in [3.63, 3.8) is 0 Å². The molecule has 0 aliphatic heterocycles. The van der Waals surface area contributed by atoms with Gasteiger partial charge in [-0.15, -0.1) is 0 Å². The van der Waals surface area contributed by atoms with Gasteiger partial charge in [0, 0.05) is 62.2 Å². The van der Waals surface area contributed by atoms with Crippen LogP contribution in [-0.4, -0.2) is 47.6 Å². The summed E-state index contributed by atoms with van der Waals surface area (Å²) in [6, 6.07) is 8.24. The van der Waals surface area contributed by atoms with Gasteiger partial charge in [-0.1, -0.05) is 25.5 Å². The zero-order valence-electron chi connectivity index (χ0n) is 21.4. The maximum atomic E-state index is 12.0. The first-order valence-electron chi connectivity index (χ1n) is 12.1. The highest BCUT2D eigenvalue weighted by atomic mass is 16.1. The van der Waals surface area contributed by atoms with Crippen molar-refractivity contribution in [3.8, 4) is 0 Å². The lowest BCUT2D eigenvalue weighted by atomic mass is 10.1. The standard InChI is InChI=1S/C27H39N5O/c1-8-20(3)24-17-26-28-18-21(4)27(32(26)29-24)31(7)15-11-9-10-14-30(6)25-13-12-19(2)16-23(25)22(5)33/h12-13,16-18,20H,8-11,14-15H2,1-7H3. The molecule has 3 rings (SSSR count). The molecule has 1 unspecified atom stereocenters. The minimum atomic E-state index is 0.122. The number of nitrogens with zero attached hydrogens (tertiary/aromatic N) is 5. The van der Waals surface area contributed by atoms with Gasteiger partial charge in [-0.3, -0.25) is 4.79 Å². The molecule has 0 radical (unpaired) electrons. The predicted molar refractivity (Wildman–Crippen MR) is 138 cm³/mol. The topological polar surface area (TPSA) is 53.7 Å². The van der Waals surface area contributed by atoms with Crippen LogP contribution in [0.25, 0.3) is 5.65 Å². The molecule has 0 aliphatic rings. The molecule has 1 aromatic carbocycles. The summed E-state index contributed by atoms with van der Waals surface area (Å²) in [6.07, 6.45) is 6.33. The highest BCUT2D eigenvalue weighted by Crippen LogP contribution is 2.25. The summed E-state index contributed by atoms with van der Waals surface area (Å²) >= 11 is 0. The van der Waals surface area contributed by atoms with Crippen molar-refractivity contribution < 1.29 is 4.79 Å². The van der Waals surface area contributed by atoms with E-state index in [-0.39, 0.29) is 5.78 Å². The van der Waals surface area contributed by atoms with Crippen molar-refractivity contribution >= 4 is 22.9 Å². The third kappa shape index (κ3) is 5.73. The average Bonchev–Trinajstić information content (AvgIpc) is 3.22. The van der Waals surface area contributed by atoms with E-state index in [0.29, 0.717) is 5.92 Å². The Morgan fingerprint density at radius 1 is 1.06 bits per heavy atom. The number of fused-ring (bicyclic) bond motifs is 1. The minimum Gasteiger partial charge on any atom is -0.374 e.